The molecule has 106 valence electrons. The summed E-state index contributed by atoms with van der Waals surface area (Å²) in [6.07, 6.45) is 4.17. The summed E-state index contributed by atoms with van der Waals surface area (Å²) >= 11 is 3.50. The van der Waals surface area contributed by atoms with E-state index in [1.807, 2.05) is 17.8 Å². The first-order chi connectivity index (χ1) is 9.61. The van der Waals surface area contributed by atoms with E-state index in [2.05, 4.69) is 21.0 Å². The van der Waals surface area contributed by atoms with E-state index in [0.717, 1.165) is 27.8 Å². The summed E-state index contributed by atoms with van der Waals surface area (Å²) in [5.41, 5.74) is 9.09. The van der Waals surface area contributed by atoms with Crippen LogP contribution in [0.1, 0.15) is 31.4 Å². The van der Waals surface area contributed by atoms with Gasteiger partial charge in [-0.25, -0.2) is 4.39 Å². The highest BCUT2D eigenvalue weighted by atomic mass is 79.9. The van der Waals surface area contributed by atoms with Gasteiger partial charge >= 0.3 is 0 Å². The van der Waals surface area contributed by atoms with Crippen molar-refractivity contribution in [3.05, 3.63) is 40.2 Å². The maximum atomic E-state index is 13.6. The Morgan fingerprint density at radius 1 is 1.50 bits per heavy atom. The van der Waals surface area contributed by atoms with Gasteiger partial charge in [-0.2, -0.15) is 5.10 Å². The number of nitrogens with zero attached hydrogens (tertiary/aromatic N) is 2. The summed E-state index contributed by atoms with van der Waals surface area (Å²) in [4.78, 5) is 0. The third-order valence-electron chi connectivity index (χ3n) is 3.84. The molecule has 3 rings (SSSR count). The van der Waals surface area contributed by atoms with Gasteiger partial charge < -0.3 is 5.73 Å². The average molecular weight is 338 g/mol. The highest BCUT2D eigenvalue weighted by Gasteiger charge is 2.32. The van der Waals surface area contributed by atoms with Crippen molar-refractivity contribution < 1.29 is 4.39 Å². The molecule has 3 nitrogen and oxygen atoms in total. The minimum atomic E-state index is -0.252. The van der Waals surface area contributed by atoms with Crippen molar-refractivity contribution in [3.8, 4) is 11.3 Å². The Hall–Kier alpha value is -1.20. The van der Waals surface area contributed by atoms with Crippen molar-refractivity contribution in [2.45, 2.75) is 32.4 Å². The number of aryl methyl sites for hydroxylation is 1. The normalized spacial score (nSPS) is 16.4. The van der Waals surface area contributed by atoms with Gasteiger partial charge in [-0.05, 0) is 43.9 Å². The smallest absolute Gasteiger partial charge is 0.123 e. The van der Waals surface area contributed by atoms with Crippen LogP contribution in [0.4, 0.5) is 4.39 Å². The molecule has 0 aliphatic heterocycles. The number of hydrogen-bond donors (Lipinski definition) is 1. The zero-order chi connectivity index (χ0) is 14.3. The molecule has 1 aliphatic carbocycles. The zero-order valence-corrected chi connectivity index (χ0v) is 12.9. The van der Waals surface area contributed by atoms with Crippen LogP contribution in [0, 0.1) is 11.7 Å². The third-order valence-corrected chi connectivity index (χ3v) is 4.53. The first-order valence-corrected chi connectivity index (χ1v) is 7.67. The second-order valence-electron chi connectivity index (χ2n) is 5.25. The van der Waals surface area contributed by atoms with Crippen LogP contribution in [0.2, 0.25) is 0 Å². The molecule has 1 unspecified atom stereocenters. The van der Waals surface area contributed by atoms with Crippen LogP contribution in [0.25, 0.3) is 11.3 Å². The van der Waals surface area contributed by atoms with E-state index in [1.165, 1.54) is 25.0 Å². The van der Waals surface area contributed by atoms with Crippen molar-refractivity contribution in [1.29, 1.82) is 0 Å². The van der Waals surface area contributed by atoms with Gasteiger partial charge in [0.05, 0.1) is 11.9 Å². The van der Waals surface area contributed by atoms with Gasteiger partial charge in [0.1, 0.15) is 5.82 Å². The molecule has 2 N–H and O–H groups in total. The largest absolute Gasteiger partial charge is 0.324 e. The van der Waals surface area contributed by atoms with Gasteiger partial charge in [0.15, 0.2) is 0 Å². The predicted molar refractivity (Wildman–Crippen MR) is 80.6 cm³/mol. The number of halogens is 2. The summed E-state index contributed by atoms with van der Waals surface area (Å²) in [5, 5.41) is 4.41. The number of hydrogen-bond acceptors (Lipinski definition) is 2. The SMILES string of the molecule is CCn1ncc(C(N)C2CC2)c1-c1cc(F)ccc1Br. The quantitative estimate of drug-likeness (QED) is 0.919. The fraction of sp³-hybridized carbons (Fsp3) is 0.400. The first kappa shape index (κ1) is 13.8. The predicted octanol–water partition coefficient (Wildman–Crippen LogP) is 3.88. The molecule has 1 saturated carbocycles. The molecule has 0 amide bonds. The Bertz CT molecular complexity index is 634. The van der Waals surface area contributed by atoms with Crippen molar-refractivity contribution in [1.82, 2.24) is 9.78 Å². The molecule has 20 heavy (non-hydrogen) atoms. The van der Waals surface area contributed by atoms with E-state index in [0.29, 0.717) is 5.92 Å². The Morgan fingerprint density at radius 2 is 2.25 bits per heavy atom. The monoisotopic (exact) mass is 337 g/mol. The summed E-state index contributed by atoms with van der Waals surface area (Å²) in [7, 11) is 0. The molecule has 0 saturated heterocycles. The molecule has 1 heterocycles. The molecular weight excluding hydrogens is 321 g/mol. The highest BCUT2D eigenvalue weighted by molar-refractivity contribution is 9.10. The molecule has 1 aromatic heterocycles. The van der Waals surface area contributed by atoms with Crippen LogP contribution in [-0.2, 0) is 6.54 Å². The first-order valence-electron chi connectivity index (χ1n) is 6.88. The Labute approximate surface area is 126 Å². The lowest BCUT2D eigenvalue weighted by Crippen LogP contribution is -2.13. The molecule has 0 spiro atoms. The third kappa shape index (κ3) is 2.40. The van der Waals surface area contributed by atoms with Gasteiger partial charge in [0, 0.05) is 28.2 Å². The lowest BCUT2D eigenvalue weighted by Gasteiger charge is -2.14. The Morgan fingerprint density at radius 3 is 2.90 bits per heavy atom. The van der Waals surface area contributed by atoms with Crippen molar-refractivity contribution in [2.24, 2.45) is 11.7 Å². The molecule has 1 fully saturated rings. The van der Waals surface area contributed by atoms with Crippen LogP contribution in [0.3, 0.4) is 0 Å². The van der Waals surface area contributed by atoms with Crippen LogP contribution in [0.5, 0.6) is 0 Å². The van der Waals surface area contributed by atoms with E-state index in [4.69, 9.17) is 5.73 Å². The maximum Gasteiger partial charge on any atom is 0.123 e. The molecule has 0 radical (unpaired) electrons. The van der Waals surface area contributed by atoms with Crippen LogP contribution in [0.15, 0.2) is 28.9 Å². The second-order valence-corrected chi connectivity index (χ2v) is 6.11. The van der Waals surface area contributed by atoms with Crippen molar-refractivity contribution >= 4 is 15.9 Å². The van der Waals surface area contributed by atoms with Gasteiger partial charge in [-0.1, -0.05) is 15.9 Å². The van der Waals surface area contributed by atoms with Gasteiger partial charge in [0.25, 0.3) is 0 Å². The number of benzene rings is 1. The van der Waals surface area contributed by atoms with Crippen LogP contribution in [-0.4, -0.2) is 9.78 Å². The van der Waals surface area contributed by atoms with Gasteiger partial charge in [0.2, 0.25) is 0 Å². The van der Waals surface area contributed by atoms with Gasteiger partial charge in [-0.3, -0.25) is 4.68 Å². The van der Waals surface area contributed by atoms with Crippen molar-refractivity contribution in [2.75, 3.05) is 0 Å². The Kier molecular flexibility index (Phi) is 3.65. The molecule has 5 heteroatoms. The summed E-state index contributed by atoms with van der Waals surface area (Å²) < 4.78 is 16.3. The molecule has 1 atom stereocenters. The fourth-order valence-electron chi connectivity index (χ4n) is 2.57. The summed E-state index contributed by atoms with van der Waals surface area (Å²) in [6.45, 7) is 2.76. The van der Waals surface area contributed by atoms with Crippen molar-refractivity contribution in [3.63, 3.8) is 0 Å². The van der Waals surface area contributed by atoms with E-state index in [9.17, 15) is 4.39 Å². The molecular formula is C15H17BrFN3. The maximum absolute atomic E-state index is 13.6. The number of aromatic nitrogens is 2. The zero-order valence-electron chi connectivity index (χ0n) is 11.3. The molecule has 1 aromatic carbocycles. The number of nitrogens with two attached hydrogens (primary N) is 1. The van der Waals surface area contributed by atoms with E-state index in [-0.39, 0.29) is 11.9 Å². The molecule has 2 aromatic rings. The van der Waals surface area contributed by atoms with E-state index in [1.54, 1.807) is 6.07 Å². The summed E-state index contributed by atoms with van der Waals surface area (Å²) in [5.74, 6) is 0.286. The minimum Gasteiger partial charge on any atom is -0.324 e. The van der Waals surface area contributed by atoms with E-state index >= 15 is 0 Å². The van der Waals surface area contributed by atoms with Gasteiger partial charge in [-0.15, -0.1) is 0 Å². The van der Waals surface area contributed by atoms with E-state index < -0.39 is 0 Å². The highest BCUT2D eigenvalue weighted by Crippen LogP contribution is 2.43. The standard InChI is InChI=1S/C15H17BrFN3/c1-2-20-15(11-7-10(17)5-6-13(11)16)12(8-19-20)14(18)9-3-4-9/h5-9,14H,2-4,18H2,1H3. The minimum absolute atomic E-state index is 0.0135. The lowest BCUT2D eigenvalue weighted by atomic mass is 9.99. The van der Waals surface area contributed by atoms with Crippen LogP contribution < -0.4 is 5.73 Å². The topological polar surface area (TPSA) is 43.8 Å². The van der Waals surface area contributed by atoms with Crippen LogP contribution >= 0.6 is 15.9 Å². The number of rotatable bonds is 4. The average Bonchev–Trinajstić information content (AvgIpc) is 3.20. The Balaban J connectivity index is 2.15. The summed E-state index contributed by atoms with van der Waals surface area (Å²) in [6, 6.07) is 4.70. The fourth-order valence-corrected chi connectivity index (χ4v) is 3.00. The molecule has 1 aliphatic rings. The lowest BCUT2D eigenvalue weighted by molar-refractivity contribution is 0.623. The second kappa shape index (κ2) is 5.30. The molecule has 0 bridgehead atoms.